The van der Waals surface area contributed by atoms with E-state index in [1.807, 2.05) is 12.1 Å². The van der Waals surface area contributed by atoms with Crippen LogP contribution in [0.5, 0.6) is 0 Å². The van der Waals surface area contributed by atoms with Crippen molar-refractivity contribution >= 4 is 33.5 Å². The lowest BCUT2D eigenvalue weighted by atomic mass is 9.99. The van der Waals surface area contributed by atoms with Crippen molar-refractivity contribution in [1.29, 1.82) is 0 Å². The normalized spacial score (nSPS) is 16.0. The summed E-state index contributed by atoms with van der Waals surface area (Å²) in [6.45, 7) is 8.59. The van der Waals surface area contributed by atoms with E-state index in [0.29, 0.717) is 5.71 Å². The highest BCUT2D eigenvalue weighted by atomic mass is 16.5. The Labute approximate surface area is 199 Å². The van der Waals surface area contributed by atoms with E-state index in [9.17, 15) is 0 Å². The largest absolute Gasteiger partial charge is 0.463 e. The maximum atomic E-state index is 6.78. The molecule has 3 heterocycles. The molecule has 0 N–H and O–H groups in total. The van der Waals surface area contributed by atoms with Gasteiger partial charge >= 0.3 is 0 Å². The summed E-state index contributed by atoms with van der Waals surface area (Å²) in [7, 11) is 0. The first-order valence-corrected chi connectivity index (χ1v) is 11.6. The number of furan rings is 1. The first-order valence-electron chi connectivity index (χ1n) is 11.6. The number of fused-ring (bicyclic) bond motifs is 3. The third-order valence-electron chi connectivity index (χ3n) is 6.80. The van der Waals surface area contributed by atoms with Crippen LogP contribution >= 0.6 is 0 Å². The Morgan fingerprint density at radius 2 is 1.53 bits per heavy atom. The number of hydrogen-bond donors (Lipinski definition) is 0. The second kappa shape index (κ2) is 7.77. The summed E-state index contributed by atoms with van der Waals surface area (Å²) >= 11 is 0. The van der Waals surface area contributed by atoms with E-state index in [2.05, 4.69) is 98.2 Å². The Balaban J connectivity index is 1.60. The van der Waals surface area contributed by atoms with Crippen LogP contribution in [0.25, 0.3) is 27.8 Å². The fourth-order valence-electron chi connectivity index (χ4n) is 5.12. The fourth-order valence-corrected chi connectivity index (χ4v) is 5.12. The van der Waals surface area contributed by atoms with Crippen molar-refractivity contribution in [1.82, 2.24) is 4.98 Å². The Morgan fingerprint density at radius 3 is 2.29 bits per heavy atom. The summed E-state index contributed by atoms with van der Waals surface area (Å²) in [6.07, 6.45) is 1.51. The molecule has 3 aromatic carbocycles. The highest BCUT2D eigenvalue weighted by Crippen LogP contribution is 2.47. The molecule has 0 fully saturated rings. The van der Waals surface area contributed by atoms with Crippen LogP contribution in [0.4, 0.5) is 5.69 Å². The summed E-state index contributed by atoms with van der Waals surface area (Å²) in [5, 5.41) is 2.08. The van der Waals surface area contributed by atoms with Gasteiger partial charge in [-0.15, -0.1) is 0 Å². The summed E-state index contributed by atoms with van der Waals surface area (Å²) < 4.78 is 12.8. The first kappa shape index (κ1) is 20.5. The Hall–Kier alpha value is -4.05. The van der Waals surface area contributed by atoms with Gasteiger partial charge < -0.3 is 14.1 Å². The van der Waals surface area contributed by atoms with Crippen LogP contribution in [0.3, 0.4) is 0 Å². The molecule has 0 bridgehead atoms. The number of rotatable bonds is 3. The molecule has 2 aromatic heterocycles. The predicted octanol–water partition coefficient (Wildman–Crippen LogP) is 7.83. The van der Waals surface area contributed by atoms with E-state index in [4.69, 9.17) is 9.15 Å². The number of anilines is 1. The lowest BCUT2D eigenvalue weighted by Crippen LogP contribution is -2.25. The molecular weight excluding hydrogens is 420 g/mol. The molecule has 0 spiro atoms. The van der Waals surface area contributed by atoms with Crippen molar-refractivity contribution in [2.24, 2.45) is 0 Å². The minimum absolute atomic E-state index is 0.260. The third kappa shape index (κ3) is 3.10. The Morgan fingerprint density at radius 1 is 0.765 bits per heavy atom. The van der Waals surface area contributed by atoms with Crippen LogP contribution in [-0.2, 0) is 4.74 Å². The molecular formula is C30H26N2O2. The van der Waals surface area contributed by atoms with Crippen molar-refractivity contribution in [3.8, 4) is 0 Å². The van der Waals surface area contributed by atoms with Gasteiger partial charge in [0.1, 0.15) is 11.3 Å². The molecule has 0 saturated carbocycles. The lowest BCUT2D eigenvalue weighted by Gasteiger charge is -2.30. The number of benzene rings is 3. The van der Waals surface area contributed by atoms with E-state index >= 15 is 0 Å². The van der Waals surface area contributed by atoms with Gasteiger partial charge in [-0.1, -0.05) is 48.5 Å². The second-order valence-corrected chi connectivity index (χ2v) is 9.02. The van der Waals surface area contributed by atoms with E-state index in [1.54, 1.807) is 6.20 Å². The van der Waals surface area contributed by atoms with Crippen molar-refractivity contribution in [2.45, 2.75) is 33.9 Å². The van der Waals surface area contributed by atoms with Gasteiger partial charge in [-0.3, -0.25) is 0 Å². The predicted molar refractivity (Wildman–Crippen MR) is 138 cm³/mol. The molecule has 0 radical (unpaired) electrons. The molecule has 5 aromatic rings. The quantitative estimate of drug-likeness (QED) is 0.283. The van der Waals surface area contributed by atoms with Crippen LogP contribution < -0.4 is 4.90 Å². The van der Waals surface area contributed by atoms with E-state index in [0.717, 1.165) is 44.6 Å². The maximum Gasteiger partial charge on any atom is 0.227 e. The number of nitrogens with zero attached hydrogens (tertiary/aromatic N) is 2. The van der Waals surface area contributed by atoms with Gasteiger partial charge in [0.25, 0.3) is 0 Å². The number of allylic oxidation sites excluding steroid dienone is 1. The van der Waals surface area contributed by atoms with Gasteiger partial charge in [0.2, 0.25) is 11.9 Å². The first-order chi connectivity index (χ1) is 16.5. The molecule has 6 rings (SSSR count). The molecule has 0 saturated heterocycles. The highest BCUT2D eigenvalue weighted by molar-refractivity contribution is 6.05. The van der Waals surface area contributed by atoms with Crippen LogP contribution in [0.2, 0.25) is 0 Å². The molecule has 4 heteroatoms. The minimum atomic E-state index is -0.260. The van der Waals surface area contributed by atoms with Gasteiger partial charge in [0, 0.05) is 33.8 Å². The zero-order valence-corrected chi connectivity index (χ0v) is 19.8. The molecule has 168 valence electrons. The average Bonchev–Trinajstić information content (AvgIpc) is 3.36. The maximum absolute atomic E-state index is 6.78. The van der Waals surface area contributed by atoms with Crippen LogP contribution in [-0.4, -0.2) is 4.98 Å². The Kier molecular flexibility index (Phi) is 4.70. The molecule has 1 unspecified atom stereocenters. The van der Waals surface area contributed by atoms with Gasteiger partial charge in [0.05, 0.1) is 5.70 Å². The number of aromatic nitrogens is 1. The second-order valence-electron chi connectivity index (χ2n) is 9.02. The van der Waals surface area contributed by atoms with E-state index < -0.39 is 0 Å². The molecule has 0 aliphatic carbocycles. The van der Waals surface area contributed by atoms with E-state index in [1.165, 1.54) is 16.7 Å². The van der Waals surface area contributed by atoms with Crippen LogP contribution in [0, 0.1) is 20.8 Å². The highest BCUT2D eigenvalue weighted by Gasteiger charge is 2.36. The van der Waals surface area contributed by atoms with Crippen LogP contribution in [0.15, 0.2) is 89.1 Å². The van der Waals surface area contributed by atoms with Crippen molar-refractivity contribution < 1.29 is 9.15 Å². The van der Waals surface area contributed by atoms with Gasteiger partial charge in [-0.05, 0) is 68.7 Å². The smallest absolute Gasteiger partial charge is 0.227 e. The van der Waals surface area contributed by atoms with Crippen molar-refractivity contribution in [3.63, 3.8) is 0 Å². The third-order valence-corrected chi connectivity index (χ3v) is 6.80. The monoisotopic (exact) mass is 446 g/mol. The number of ether oxygens (including phenoxy) is 1. The topological polar surface area (TPSA) is 38.5 Å². The van der Waals surface area contributed by atoms with E-state index in [-0.39, 0.29) is 6.23 Å². The minimum Gasteiger partial charge on any atom is -0.463 e. The zero-order valence-electron chi connectivity index (χ0n) is 19.8. The number of pyridine rings is 1. The summed E-state index contributed by atoms with van der Waals surface area (Å²) in [5.74, 6) is 0.909. The zero-order chi connectivity index (χ0) is 23.4. The van der Waals surface area contributed by atoms with Gasteiger partial charge in [-0.25, -0.2) is 4.98 Å². The number of aryl methyl sites for hydroxylation is 3. The summed E-state index contributed by atoms with van der Waals surface area (Å²) in [6, 6.07) is 25.1. The average molecular weight is 447 g/mol. The van der Waals surface area contributed by atoms with Crippen LogP contribution in [0.1, 0.15) is 41.0 Å². The molecule has 4 nitrogen and oxygen atoms in total. The van der Waals surface area contributed by atoms with Gasteiger partial charge in [-0.2, -0.15) is 0 Å². The standard InChI is InChI=1S/C30H26N2O2/c1-18-10-8-11-19(2)27(18)30-32(21(4)28(34-30)22-12-6-5-7-13-22)25-17-24-23-14-9-15-31-29(23)33-26(24)16-20(25)3/h5-17,30H,1-4H3. The summed E-state index contributed by atoms with van der Waals surface area (Å²) in [5.41, 5.74) is 9.55. The molecule has 0 amide bonds. The van der Waals surface area contributed by atoms with Crippen molar-refractivity contribution in [3.05, 3.63) is 113 Å². The van der Waals surface area contributed by atoms with Gasteiger partial charge in [0.15, 0.2) is 0 Å². The molecule has 1 atom stereocenters. The number of hydrogen-bond acceptors (Lipinski definition) is 4. The fraction of sp³-hybridized carbons (Fsp3) is 0.167. The summed E-state index contributed by atoms with van der Waals surface area (Å²) in [4.78, 5) is 6.75. The molecule has 1 aliphatic rings. The SMILES string of the molecule is CC1=C(c2ccccc2)OC(c2c(C)cccc2C)N1c1cc2c(cc1C)oc1ncccc12. The molecule has 1 aliphatic heterocycles. The Bertz CT molecular complexity index is 1560. The van der Waals surface area contributed by atoms with Crippen molar-refractivity contribution in [2.75, 3.05) is 4.90 Å². The molecule has 34 heavy (non-hydrogen) atoms. The lowest BCUT2D eigenvalue weighted by molar-refractivity contribution is 0.194.